The summed E-state index contributed by atoms with van der Waals surface area (Å²) < 4.78 is 25.2. The molecule has 0 bridgehead atoms. The number of anilines is 1. The zero-order valence-electron chi connectivity index (χ0n) is 9.66. The largest absolute Gasteiger partial charge is 0.508 e. The summed E-state index contributed by atoms with van der Waals surface area (Å²) in [6, 6.07) is 7.65. The van der Waals surface area contributed by atoms with Crippen molar-refractivity contribution in [3.63, 3.8) is 0 Å². The minimum absolute atomic E-state index is 0.0132. The number of aromatic hydroxyl groups is 1. The molecule has 1 unspecified atom stereocenters. The Balaban J connectivity index is 3.22. The van der Waals surface area contributed by atoms with E-state index in [1.807, 2.05) is 0 Å². The fourth-order valence-corrected chi connectivity index (χ4v) is 2.70. The van der Waals surface area contributed by atoms with E-state index in [1.54, 1.807) is 25.1 Å². The first-order valence-corrected chi connectivity index (χ1v) is 6.64. The Labute approximate surface area is 101 Å². The van der Waals surface area contributed by atoms with Crippen molar-refractivity contribution in [2.24, 2.45) is 0 Å². The van der Waals surface area contributed by atoms with Crippen LogP contribution in [0.25, 0.3) is 0 Å². The second-order valence-electron chi connectivity index (χ2n) is 3.50. The van der Waals surface area contributed by atoms with Crippen molar-refractivity contribution in [3.8, 4) is 11.8 Å². The third-order valence-corrected chi connectivity index (χ3v) is 4.42. The van der Waals surface area contributed by atoms with Gasteiger partial charge >= 0.3 is 0 Å². The van der Waals surface area contributed by atoms with Crippen LogP contribution >= 0.6 is 0 Å². The van der Waals surface area contributed by atoms with Gasteiger partial charge in [0, 0.05) is 12.6 Å². The molecule has 5 nitrogen and oxygen atoms in total. The maximum atomic E-state index is 12.0. The number of hydrogen-bond acceptors (Lipinski definition) is 4. The van der Waals surface area contributed by atoms with Crippen LogP contribution in [0.4, 0.5) is 5.69 Å². The zero-order chi connectivity index (χ0) is 13.1. The highest BCUT2D eigenvalue weighted by Crippen LogP contribution is 2.24. The van der Waals surface area contributed by atoms with Crippen molar-refractivity contribution in [3.05, 3.63) is 24.3 Å². The highest BCUT2D eigenvalue weighted by Gasteiger charge is 2.28. The van der Waals surface area contributed by atoms with Crippen molar-refractivity contribution >= 4 is 15.7 Å². The number of benzene rings is 1. The molecule has 6 heteroatoms. The third kappa shape index (κ3) is 2.68. The molecule has 1 N–H and O–H groups in total. The van der Waals surface area contributed by atoms with Gasteiger partial charge < -0.3 is 5.11 Å². The van der Waals surface area contributed by atoms with Gasteiger partial charge in [-0.15, -0.1) is 0 Å². The molecule has 0 aromatic heterocycles. The second kappa shape index (κ2) is 5.06. The summed E-state index contributed by atoms with van der Waals surface area (Å²) in [6.45, 7) is 3.21. The molecule has 1 atom stereocenters. The molecule has 1 aromatic carbocycles. The van der Waals surface area contributed by atoms with Crippen LogP contribution in [0.2, 0.25) is 0 Å². The van der Waals surface area contributed by atoms with E-state index in [4.69, 9.17) is 5.26 Å². The number of sulfonamides is 1. The number of hydrogen-bond donors (Lipinski definition) is 1. The van der Waals surface area contributed by atoms with E-state index in [-0.39, 0.29) is 12.3 Å². The van der Waals surface area contributed by atoms with Crippen molar-refractivity contribution in [1.82, 2.24) is 0 Å². The molecule has 0 aliphatic rings. The first-order valence-electron chi connectivity index (χ1n) is 5.13. The maximum Gasteiger partial charge on any atom is 0.251 e. The van der Waals surface area contributed by atoms with Crippen LogP contribution < -0.4 is 4.31 Å². The van der Waals surface area contributed by atoms with Crippen LogP contribution in [-0.2, 0) is 10.0 Å². The summed E-state index contributed by atoms with van der Waals surface area (Å²) in [4.78, 5) is 0. The smallest absolute Gasteiger partial charge is 0.251 e. The Morgan fingerprint density at radius 1 is 1.53 bits per heavy atom. The molecular formula is C11H14N2O3S. The maximum absolute atomic E-state index is 12.0. The SMILES string of the molecule is CCN(c1cccc(O)c1)S(=O)(=O)C(C)C#N. The second-order valence-corrected chi connectivity index (χ2v) is 5.68. The van der Waals surface area contributed by atoms with Gasteiger partial charge in [0.1, 0.15) is 5.75 Å². The van der Waals surface area contributed by atoms with E-state index in [1.165, 1.54) is 19.1 Å². The molecule has 17 heavy (non-hydrogen) atoms. The lowest BCUT2D eigenvalue weighted by molar-refractivity contribution is 0.475. The van der Waals surface area contributed by atoms with Crippen molar-refractivity contribution in [2.45, 2.75) is 19.1 Å². The van der Waals surface area contributed by atoms with Gasteiger partial charge in [-0.05, 0) is 26.0 Å². The Kier molecular flexibility index (Phi) is 3.97. The molecule has 0 amide bonds. The molecule has 0 aliphatic heterocycles. The Bertz CT molecular complexity index is 534. The molecule has 1 aromatic rings. The number of nitriles is 1. The molecule has 0 aliphatic carbocycles. The first-order chi connectivity index (χ1) is 7.93. The Hall–Kier alpha value is -1.74. The van der Waals surface area contributed by atoms with Gasteiger partial charge in [0.2, 0.25) is 0 Å². The minimum atomic E-state index is -3.71. The highest BCUT2D eigenvalue weighted by atomic mass is 32.2. The Morgan fingerprint density at radius 2 is 2.18 bits per heavy atom. The van der Waals surface area contributed by atoms with E-state index >= 15 is 0 Å². The van der Waals surface area contributed by atoms with Crippen LogP contribution in [0.15, 0.2) is 24.3 Å². The lowest BCUT2D eigenvalue weighted by Gasteiger charge is -2.24. The van der Waals surface area contributed by atoms with E-state index in [2.05, 4.69) is 0 Å². The molecule has 0 saturated heterocycles. The van der Waals surface area contributed by atoms with Gasteiger partial charge in [0.25, 0.3) is 10.0 Å². The van der Waals surface area contributed by atoms with E-state index in [0.717, 1.165) is 4.31 Å². The third-order valence-electron chi connectivity index (χ3n) is 2.34. The van der Waals surface area contributed by atoms with E-state index in [9.17, 15) is 13.5 Å². The molecule has 0 heterocycles. The minimum Gasteiger partial charge on any atom is -0.508 e. The average Bonchev–Trinajstić information content (AvgIpc) is 2.28. The molecule has 0 fully saturated rings. The highest BCUT2D eigenvalue weighted by molar-refractivity contribution is 7.93. The fourth-order valence-electron chi connectivity index (χ4n) is 1.42. The summed E-state index contributed by atoms with van der Waals surface area (Å²) in [5, 5.41) is 16.9. The van der Waals surface area contributed by atoms with Gasteiger partial charge in [-0.2, -0.15) is 5.26 Å². The fraction of sp³-hybridized carbons (Fsp3) is 0.364. The monoisotopic (exact) mass is 254 g/mol. The summed E-state index contributed by atoms with van der Waals surface area (Å²) in [5.74, 6) is -0.0132. The van der Waals surface area contributed by atoms with Gasteiger partial charge in [-0.3, -0.25) is 4.31 Å². The standard InChI is InChI=1S/C11H14N2O3S/c1-3-13(17(15,16)9(2)8-12)10-5-4-6-11(14)7-10/h4-7,9,14H,3H2,1-2H3. The topological polar surface area (TPSA) is 81.4 Å². The Morgan fingerprint density at radius 3 is 2.65 bits per heavy atom. The lowest BCUT2D eigenvalue weighted by Crippen LogP contribution is -2.36. The summed E-state index contributed by atoms with van der Waals surface area (Å²) >= 11 is 0. The zero-order valence-corrected chi connectivity index (χ0v) is 10.5. The number of phenols is 1. The predicted molar refractivity (Wildman–Crippen MR) is 65.1 cm³/mol. The van der Waals surface area contributed by atoms with Gasteiger partial charge in [0.15, 0.2) is 5.25 Å². The van der Waals surface area contributed by atoms with Gasteiger partial charge in [-0.1, -0.05) is 6.07 Å². The van der Waals surface area contributed by atoms with Crippen LogP contribution in [0, 0.1) is 11.3 Å². The molecule has 92 valence electrons. The van der Waals surface area contributed by atoms with Crippen molar-refractivity contribution in [1.29, 1.82) is 5.26 Å². The van der Waals surface area contributed by atoms with E-state index < -0.39 is 15.3 Å². The first kappa shape index (κ1) is 13.3. The molecule has 0 saturated carbocycles. The van der Waals surface area contributed by atoms with Gasteiger partial charge in [0.05, 0.1) is 11.8 Å². The molecular weight excluding hydrogens is 240 g/mol. The van der Waals surface area contributed by atoms with Crippen LogP contribution in [0.3, 0.4) is 0 Å². The lowest BCUT2D eigenvalue weighted by atomic mass is 10.3. The number of phenolic OH excluding ortho intramolecular Hbond substituents is 1. The van der Waals surface area contributed by atoms with Gasteiger partial charge in [-0.25, -0.2) is 8.42 Å². The predicted octanol–water partition coefficient (Wildman–Crippen LogP) is 1.46. The summed E-state index contributed by atoms with van der Waals surface area (Å²) in [7, 11) is -3.71. The van der Waals surface area contributed by atoms with Crippen molar-refractivity contribution in [2.75, 3.05) is 10.8 Å². The van der Waals surface area contributed by atoms with Crippen LogP contribution in [0.1, 0.15) is 13.8 Å². The summed E-state index contributed by atoms with van der Waals surface area (Å²) in [5.41, 5.74) is 0.356. The molecule has 0 spiro atoms. The quantitative estimate of drug-likeness (QED) is 0.882. The number of rotatable bonds is 4. The summed E-state index contributed by atoms with van der Waals surface area (Å²) in [6.07, 6.45) is 0. The van der Waals surface area contributed by atoms with Crippen molar-refractivity contribution < 1.29 is 13.5 Å². The van der Waals surface area contributed by atoms with Crippen LogP contribution in [-0.4, -0.2) is 25.3 Å². The average molecular weight is 254 g/mol. The number of nitrogens with zero attached hydrogens (tertiary/aromatic N) is 2. The molecule has 1 rings (SSSR count). The normalized spacial score (nSPS) is 12.8. The molecule has 0 radical (unpaired) electrons. The van der Waals surface area contributed by atoms with E-state index in [0.29, 0.717) is 5.69 Å². The van der Waals surface area contributed by atoms with Crippen LogP contribution in [0.5, 0.6) is 5.75 Å².